The third-order valence-electron chi connectivity index (χ3n) is 4.62. The zero-order valence-corrected chi connectivity index (χ0v) is 12.1. The van der Waals surface area contributed by atoms with Crippen molar-refractivity contribution in [2.45, 2.75) is 13.3 Å². The lowest BCUT2D eigenvalue weighted by Gasteiger charge is -2.27. The van der Waals surface area contributed by atoms with Crippen LogP contribution in [0.5, 0.6) is 0 Å². The largest absolute Gasteiger partial charge is 0.481 e. The van der Waals surface area contributed by atoms with E-state index in [2.05, 4.69) is 20.0 Å². The van der Waals surface area contributed by atoms with Gasteiger partial charge in [-0.25, -0.2) is 4.98 Å². The summed E-state index contributed by atoms with van der Waals surface area (Å²) in [6.45, 7) is 3.37. The Morgan fingerprint density at radius 3 is 3.05 bits per heavy atom. The Morgan fingerprint density at radius 2 is 2.32 bits per heavy atom. The third kappa shape index (κ3) is 2.13. The number of piperidine rings is 1. The maximum Gasteiger partial charge on any atom is 0.307 e. The molecule has 7 heteroatoms. The SMILES string of the molecule is Cc1noc(-c2ccnc(N3CC[C@H]4[C@@H](C3)[C@H]4C(=O)O)c2)n1. The first-order valence-electron chi connectivity index (χ1n) is 7.38. The molecule has 1 saturated heterocycles. The van der Waals surface area contributed by atoms with Crippen molar-refractivity contribution in [2.75, 3.05) is 18.0 Å². The van der Waals surface area contributed by atoms with Crippen molar-refractivity contribution in [1.29, 1.82) is 0 Å². The van der Waals surface area contributed by atoms with Gasteiger partial charge in [0.05, 0.1) is 5.92 Å². The molecule has 7 nitrogen and oxygen atoms in total. The van der Waals surface area contributed by atoms with Gasteiger partial charge in [0.1, 0.15) is 5.82 Å². The highest BCUT2D eigenvalue weighted by atomic mass is 16.5. The van der Waals surface area contributed by atoms with E-state index in [4.69, 9.17) is 4.52 Å². The topological polar surface area (TPSA) is 92.4 Å². The molecule has 4 rings (SSSR count). The molecule has 0 aromatic carbocycles. The summed E-state index contributed by atoms with van der Waals surface area (Å²) in [6.07, 6.45) is 2.63. The summed E-state index contributed by atoms with van der Waals surface area (Å²) in [6, 6.07) is 3.76. The van der Waals surface area contributed by atoms with Gasteiger partial charge in [-0.3, -0.25) is 4.79 Å². The van der Waals surface area contributed by atoms with Gasteiger partial charge in [0.25, 0.3) is 5.89 Å². The molecule has 1 aliphatic carbocycles. The normalized spacial score (nSPS) is 26.6. The second-order valence-electron chi connectivity index (χ2n) is 5.98. The molecule has 1 N–H and O–H groups in total. The minimum absolute atomic E-state index is 0.174. The Balaban J connectivity index is 1.55. The van der Waals surface area contributed by atoms with Gasteiger partial charge < -0.3 is 14.5 Å². The predicted octanol–water partition coefficient (Wildman–Crippen LogP) is 1.60. The molecule has 0 bridgehead atoms. The highest BCUT2D eigenvalue weighted by Gasteiger charge is 2.57. The molecule has 2 aromatic rings. The Labute approximate surface area is 127 Å². The number of fused-ring (bicyclic) bond motifs is 1. The van der Waals surface area contributed by atoms with Gasteiger partial charge in [-0.2, -0.15) is 4.98 Å². The van der Waals surface area contributed by atoms with Gasteiger partial charge in [-0.1, -0.05) is 5.16 Å². The van der Waals surface area contributed by atoms with Crippen LogP contribution in [0.2, 0.25) is 0 Å². The van der Waals surface area contributed by atoms with Gasteiger partial charge in [-0.15, -0.1) is 0 Å². The number of rotatable bonds is 3. The van der Waals surface area contributed by atoms with E-state index in [1.165, 1.54) is 0 Å². The van der Waals surface area contributed by atoms with E-state index >= 15 is 0 Å². The second-order valence-corrected chi connectivity index (χ2v) is 5.98. The van der Waals surface area contributed by atoms with E-state index in [-0.39, 0.29) is 11.8 Å². The summed E-state index contributed by atoms with van der Waals surface area (Å²) < 4.78 is 5.19. The summed E-state index contributed by atoms with van der Waals surface area (Å²) in [7, 11) is 0. The van der Waals surface area contributed by atoms with Crippen LogP contribution in [-0.4, -0.2) is 39.3 Å². The Hall–Kier alpha value is -2.44. The number of aryl methyl sites for hydroxylation is 1. The fourth-order valence-corrected chi connectivity index (χ4v) is 3.45. The monoisotopic (exact) mass is 300 g/mol. The van der Waals surface area contributed by atoms with Gasteiger partial charge in [0, 0.05) is 24.8 Å². The zero-order chi connectivity index (χ0) is 15.3. The highest BCUT2D eigenvalue weighted by Crippen LogP contribution is 2.52. The number of carboxylic acids is 1. The van der Waals surface area contributed by atoms with E-state index < -0.39 is 5.97 Å². The molecule has 2 fully saturated rings. The number of carbonyl (C=O) groups is 1. The van der Waals surface area contributed by atoms with E-state index in [0.717, 1.165) is 30.9 Å². The number of hydrogen-bond acceptors (Lipinski definition) is 6. The molecule has 3 atom stereocenters. The maximum absolute atomic E-state index is 11.2. The number of aromatic nitrogens is 3. The van der Waals surface area contributed by atoms with Crippen molar-refractivity contribution in [2.24, 2.45) is 17.8 Å². The van der Waals surface area contributed by atoms with E-state index in [0.29, 0.717) is 17.6 Å². The van der Waals surface area contributed by atoms with Crippen LogP contribution in [0.4, 0.5) is 5.82 Å². The third-order valence-corrected chi connectivity index (χ3v) is 4.62. The fraction of sp³-hybridized carbons (Fsp3) is 0.467. The molecule has 2 aliphatic rings. The molecule has 0 spiro atoms. The lowest BCUT2D eigenvalue weighted by Crippen LogP contribution is -2.31. The molecule has 22 heavy (non-hydrogen) atoms. The van der Waals surface area contributed by atoms with E-state index in [1.807, 2.05) is 12.1 Å². The molecule has 3 heterocycles. The number of nitrogens with zero attached hydrogens (tertiary/aromatic N) is 4. The van der Waals surface area contributed by atoms with Gasteiger partial charge in [0.2, 0.25) is 0 Å². The predicted molar refractivity (Wildman–Crippen MR) is 77.2 cm³/mol. The first kappa shape index (κ1) is 13.2. The van der Waals surface area contributed by atoms with Crippen LogP contribution >= 0.6 is 0 Å². The summed E-state index contributed by atoms with van der Waals surface area (Å²) in [5.41, 5.74) is 0.832. The van der Waals surface area contributed by atoms with Crippen LogP contribution in [0.25, 0.3) is 11.5 Å². The first-order chi connectivity index (χ1) is 10.6. The van der Waals surface area contributed by atoms with Crippen molar-refractivity contribution in [1.82, 2.24) is 15.1 Å². The first-order valence-corrected chi connectivity index (χ1v) is 7.38. The summed E-state index contributed by atoms with van der Waals surface area (Å²) in [4.78, 5) is 21.9. The van der Waals surface area contributed by atoms with E-state index in [9.17, 15) is 9.90 Å². The number of anilines is 1. The van der Waals surface area contributed by atoms with Crippen LogP contribution in [0.1, 0.15) is 12.2 Å². The molecule has 1 aliphatic heterocycles. The summed E-state index contributed by atoms with van der Waals surface area (Å²) >= 11 is 0. The standard InChI is InChI=1S/C15H16N4O3/c1-8-17-14(22-18-8)9-2-4-16-12(6-9)19-5-3-10-11(7-19)13(10)15(20)21/h2,4,6,10-11,13H,3,5,7H2,1H3,(H,20,21)/t10-,11+,13-/m0/s1. The molecule has 0 unspecified atom stereocenters. The molecule has 114 valence electrons. The molecule has 0 amide bonds. The average molecular weight is 300 g/mol. The quantitative estimate of drug-likeness (QED) is 0.920. The molecular formula is C15H16N4O3. The second kappa shape index (κ2) is 4.79. The Bertz CT molecular complexity index is 729. The van der Waals surface area contributed by atoms with Crippen LogP contribution in [0.3, 0.4) is 0 Å². The van der Waals surface area contributed by atoms with Crippen LogP contribution < -0.4 is 4.90 Å². The number of carboxylic acid groups (broad SMARTS) is 1. The van der Waals surface area contributed by atoms with Crippen LogP contribution in [0.15, 0.2) is 22.9 Å². The molecule has 1 saturated carbocycles. The zero-order valence-electron chi connectivity index (χ0n) is 12.1. The Morgan fingerprint density at radius 1 is 1.45 bits per heavy atom. The number of hydrogen-bond donors (Lipinski definition) is 1. The molecule has 2 aromatic heterocycles. The maximum atomic E-state index is 11.2. The minimum atomic E-state index is -0.667. The molecule has 0 radical (unpaired) electrons. The van der Waals surface area contributed by atoms with Crippen molar-refractivity contribution < 1.29 is 14.4 Å². The van der Waals surface area contributed by atoms with Crippen LogP contribution in [-0.2, 0) is 4.79 Å². The van der Waals surface area contributed by atoms with Gasteiger partial charge in [0.15, 0.2) is 5.82 Å². The fourth-order valence-electron chi connectivity index (χ4n) is 3.45. The van der Waals surface area contributed by atoms with Crippen molar-refractivity contribution in [3.05, 3.63) is 24.2 Å². The van der Waals surface area contributed by atoms with Crippen molar-refractivity contribution in [3.8, 4) is 11.5 Å². The van der Waals surface area contributed by atoms with Crippen LogP contribution in [0, 0.1) is 24.7 Å². The summed E-state index contributed by atoms with van der Waals surface area (Å²) in [5.74, 6) is 1.66. The average Bonchev–Trinajstić information content (AvgIpc) is 3.10. The minimum Gasteiger partial charge on any atom is -0.481 e. The summed E-state index contributed by atoms with van der Waals surface area (Å²) in [5, 5.41) is 13.0. The Kier molecular flexibility index (Phi) is 2.88. The number of aliphatic carboxylic acids is 1. The van der Waals surface area contributed by atoms with Gasteiger partial charge in [-0.05, 0) is 37.3 Å². The highest BCUT2D eigenvalue weighted by molar-refractivity contribution is 5.75. The smallest absolute Gasteiger partial charge is 0.307 e. The molecular weight excluding hydrogens is 284 g/mol. The van der Waals surface area contributed by atoms with Crippen molar-refractivity contribution >= 4 is 11.8 Å². The number of pyridine rings is 1. The lowest BCUT2D eigenvalue weighted by atomic mass is 10.1. The van der Waals surface area contributed by atoms with E-state index in [1.54, 1.807) is 13.1 Å². The lowest BCUT2D eigenvalue weighted by molar-refractivity contribution is -0.139. The van der Waals surface area contributed by atoms with Gasteiger partial charge >= 0.3 is 5.97 Å². The van der Waals surface area contributed by atoms with Crippen molar-refractivity contribution in [3.63, 3.8) is 0 Å².